The summed E-state index contributed by atoms with van der Waals surface area (Å²) in [6.07, 6.45) is 2.98. The molecule has 2 heterocycles. The lowest BCUT2D eigenvalue weighted by atomic mass is 9.85. The molecule has 0 spiro atoms. The molecule has 0 radical (unpaired) electrons. The number of benzene rings is 1. The Balaban J connectivity index is 1.60. The number of aromatic nitrogens is 2. The van der Waals surface area contributed by atoms with Crippen LogP contribution >= 0.6 is 11.8 Å². The van der Waals surface area contributed by atoms with Crippen LogP contribution < -0.4 is 15.8 Å². The van der Waals surface area contributed by atoms with Crippen molar-refractivity contribution >= 4 is 28.5 Å². The van der Waals surface area contributed by atoms with Gasteiger partial charge in [0.15, 0.2) is 16.8 Å². The number of hydrogen-bond acceptors (Lipinski definition) is 8. The minimum atomic E-state index is -1.13. The third-order valence-electron chi connectivity index (χ3n) is 5.76. The molecule has 33 heavy (non-hydrogen) atoms. The minimum absolute atomic E-state index is 0.00918. The molecule has 1 aliphatic heterocycles. The number of amides is 1. The van der Waals surface area contributed by atoms with Crippen molar-refractivity contribution in [1.29, 1.82) is 0 Å². The molecule has 1 saturated carbocycles. The van der Waals surface area contributed by atoms with E-state index < -0.39 is 29.8 Å². The molecule has 1 aliphatic carbocycles. The molecule has 1 fully saturated rings. The molecule has 2 aromatic rings. The van der Waals surface area contributed by atoms with Gasteiger partial charge in [-0.3, -0.25) is 9.79 Å². The molecule has 4 rings (SSSR count). The standard InChI is InChI=1S/C21H22F3N5O3S/c1-20(15-7-21(15,10-31-2)33-19(25)29-20)12-5-11(6-13(23)17(12)24)28-18(30)14-8-27-16(9-26-14)32-4-3-22/h5-6,8-9,15H,3-4,7,10H2,1-2H3,(H2,25,29)(H,28,30)/t15-,20+,21+/m0/s1. The molecular formula is C21H22F3N5O3S. The van der Waals surface area contributed by atoms with Gasteiger partial charge in [-0.1, -0.05) is 11.8 Å². The van der Waals surface area contributed by atoms with E-state index in [0.717, 1.165) is 12.3 Å². The average Bonchev–Trinajstić information content (AvgIpc) is 3.49. The van der Waals surface area contributed by atoms with Gasteiger partial charge in [0.05, 0.1) is 29.3 Å². The number of aliphatic imine (C=N–C) groups is 1. The SMILES string of the molecule is COC[C@]12C[C@H]1[C@@](C)(c1cc(NC(=O)c3cnc(OCCF)cn3)cc(F)c1F)N=C(N)S2. The number of hydrogen-bond donors (Lipinski definition) is 2. The average molecular weight is 482 g/mol. The van der Waals surface area contributed by atoms with Gasteiger partial charge in [0.2, 0.25) is 5.88 Å². The third kappa shape index (κ3) is 4.36. The molecule has 2 aliphatic rings. The number of methoxy groups -OCH3 is 1. The molecule has 0 bridgehead atoms. The first-order chi connectivity index (χ1) is 15.7. The molecule has 8 nitrogen and oxygen atoms in total. The van der Waals surface area contributed by atoms with Gasteiger partial charge in [-0.05, 0) is 19.4 Å². The van der Waals surface area contributed by atoms with Crippen LogP contribution in [0.3, 0.4) is 0 Å². The van der Waals surface area contributed by atoms with Crippen molar-refractivity contribution in [3.8, 4) is 5.88 Å². The number of nitrogens with one attached hydrogen (secondary N) is 1. The molecule has 1 aromatic carbocycles. The van der Waals surface area contributed by atoms with E-state index in [4.69, 9.17) is 15.2 Å². The first kappa shape index (κ1) is 23.3. The fraction of sp³-hybridized carbons (Fsp3) is 0.429. The third-order valence-corrected chi connectivity index (χ3v) is 7.04. The van der Waals surface area contributed by atoms with Gasteiger partial charge < -0.3 is 20.5 Å². The number of nitrogens with two attached hydrogens (primary N) is 1. The maximum Gasteiger partial charge on any atom is 0.275 e. The first-order valence-corrected chi connectivity index (χ1v) is 10.9. The lowest BCUT2D eigenvalue weighted by molar-refractivity contribution is 0.102. The molecule has 3 atom stereocenters. The van der Waals surface area contributed by atoms with E-state index in [9.17, 15) is 18.0 Å². The lowest BCUT2D eigenvalue weighted by Gasteiger charge is -2.34. The van der Waals surface area contributed by atoms with Gasteiger partial charge in [-0.2, -0.15) is 0 Å². The number of alkyl halides is 1. The molecule has 1 aromatic heterocycles. The van der Waals surface area contributed by atoms with Crippen LogP contribution in [0.1, 0.15) is 29.4 Å². The maximum atomic E-state index is 14.9. The Bertz CT molecular complexity index is 1100. The second-order valence-corrected chi connectivity index (χ2v) is 9.44. The highest BCUT2D eigenvalue weighted by atomic mass is 32.2. The minimum Gasteiger partial charge on any atom is -0.474 e. The Morgan fingerprint density at radius 1 is 1.33 bits per heavy atom. The summed E-state index contributed by atoms with van der Waals surface area (Å²) in [5, 5.41) is 2.77. The molecule has 3 N–H and O–H groups in total. The summed E-state index contributed by atoms with van der Waals surface area (Å²) in [5.74, 6) is -2.93. The van der Waals surface area contributed by atoms with Crippen molar-refractivity contribution < 1.29 is 27.4 Å². The van der Waals surface area contributed by atoms with Crippen molar-refractivity contribution in [2.24, 2.45) is 16.6 Å². The molecular weight excluding hydrogens is 459 g/mol. The van der Waals surface area contributed by atoms with Crippen molar-refractivity contribution in [2.45, 2.75) is 23.6 Å². The predicted molar refractivity (Wildman–Crippen MR) is 117 cm³/mol. The van der Waals surface area contributed by atoms with Crippen LogP contribution in [-0.2, 0) is 10.3 Å². The quantitative estimate of drug-likeness (QED) is 0.596. The zero-order chi connectivity index (χ0) is 23.8. The second kappa shape index (κ2) is 8.82. The number of nitrogens with zero attached hydrogens (tertiary/aromatic N) is 3. The summed E-state index contributed by atoms with van der Waals surface area (Å²) in [6.45, 7) is 1.23. The van der Waals surface area contributed by atoms with Crippen LogP contribution in [0, 0.1) is 17.6 Å². The smallest absolute Gasteiger partial charge is 0.275 e. The van der Waals surface area contributed by atoms with Crippen LogP contribution in [0.2, 0.25) is 0 Å². The number of thioether (sulfide) groups is 1. The zero-order valence-corrected chi connectivity index (χ0v) is 18.7. The lowest BCUT2D eigenvalue weighted by Crippen LogP contribution is -2.38. The van der Waals surface area contributed by atoms with Gasteiger partial charge in [-0.15, -0.1) is 0 Å². The van der Waals surface area contributed by atoms with Gasteiger partial charge in [0.25, 0.3) is 5.91 Å². The van der Waals surface area contributed by atoms with Gasteiger partial charge >= 0.3 is 0 Å². The monoisotopic (exact) mass is 481 g/mol. The fourth-order valence-electron chi connectivity index (χ4n) is 4.21. The van der Waals surface area contributed by atoms with Crippen molar-refractivity contribution in [1.82, 2.24) is 9.97 Å². The highest BCUT2D eigenvalue weighted by Crippen LogP contribution is 2.66. The van der Waals surface area contributed by atoms with Gasteiger partial charge in [0.1, 0.15) is 19.0 Å². The van der Waals surface area contributed by atoms with E-state index in [-0.39, 0.29) is 45.3 Å². The Hall–Kier alpha value is -2.86. The van der Waals surface area contributed by atoms with Crippen LogP contribution in [0.5, 0.6) is 5.88 Å². The highest BCUT2D eigenvalue weighted by Gasteiger charge is 2.66. The highest BCUT2D eigenvalue weighted by molar-refractivity contribution is 8.15. The summed E-state index contributed by atoms with van der Waals surface area (Å²) >= 11 is 1.38. The Morgan fingerprint density at radius 3 is 2.79 bits per heavy atom. The van der Waals surface area contributed by atoms with E-state index in [1.807, 2.05) is 0 Å². The van der Waals surface area contributed by atoms with E-state index >= 15 is 0 Å². The number of anilines is 1. The van der Waals surface area contributed by atoms with Crippen LogP contribution in [0.25, 0.3) is 0 Å². The number of carbonyl (C=O) groups is 1. The number of carbonyl (C=O) groups excluding carboxylic acids is 1. The topological polar surface area (TPSA) is 112 Å². The van der Waals surface area contributed by atoms with Crippen LogP contribution in [0.4, 0.5) is 18.9 Å². The van der Waals surface area contributed by atoms with Gasteiger partial charge in [-0.25, -0.2) is 23.1 Å². The second-order valence-electron chi connectivity index (χ2n) is 8.01. The Labute approximate surface area is 192 Å². The number of halogens is 3. The van der Waals surface area contributed by atoms with Crippen LogP contribution in [-0.4, -0.2) is 52.8 Å². The summed E-state index contributed by atoms with van der Waals surface area (Å²) in [4.78, 5) is 24.8. The van der Waals surface area contributed by atoms with Crippen molar-refractivity contribution in [2.75, 3.05) is 32.3 Å². The number of amidine groups is 1. The Morgan fingerprint density at radius 2 is 2.12 bits per heavy atom. The number of rotatable bonds is 8. The fourth-order valence-corrected chi connectivity index (χ4v) is 5.66. The summed E-state index contributed by atoms with van der Waals surface area (Å²) in [6, 6.07) is 2.23. The van der Waals surface area contributed by atoms with E-state index in [0.29, 0.717) is 13.0 Å². The number of fused-ring (bicyclic) bond motifs is 1. The predicted octanol–water partition coefficient (Wildman–Crippen LogP) is 3.04. The van der Waals surface area contributed by atoms with Crippen molar-refractivity contribution in [3.63, 3.8) is 0 Å². The van der Waals surface area contributed by atoms with E-state index in [1.54, 1.807) is 14.0 Å². The largest absolute Gasteiger partial charge is 0.474 e. The Kier molecular flexibility index (Phi) is 6.23. The van der Waals surface area contributed by atoms with E-state index in [1.165, 1.54) is 24.0 Å². The number of ether oxygens (including phenoxy) is 2. The normalized spacial score (nSPS) is 25.7. The van der Waals surface area contributed by atoms with Crippen LogP contribution in [0.15, 0.2) is 29.5 Å². The maximum absolute atomic E-state index is 14.9. The van der Waals surface area contributed by atoms with E-state index in [2.05, 4.69) is 20.3 Å². The molecule has 1 amide bonds. The molecule has 12 heteroatoms. The van der Waals surface area contributed by atoms with Crippen molar-refractivity contribution in [3.05, 3.63) is 47.4 Å². The summed E-state index contributed by atoms with van der Waals surface area (Å²) < 4.78 is 51.6. The summed E-state index contributed by atoms with van der Waals surface area (Å²) in [7, 11) is 1.57. The molecule has 176 valence electrons. The molecule has 0 saturated heterocycles. The van der Waals surface area contributed by atoms with Gasteiger partial charge in [0, 0.05) is 30.3 Å². The zero-order valence-electron chi connectivity index (χ0n) is 17.9. The first-order valence-electron chi connectivity index (χ1n) is 10.1. The summed E-state index contributed by atoms with van der Waals surface area (Å²) in [5.41, 5.74) is 4.83. The molecule has 0 unspecified atom stereocenters.